The molecule has 3 N–H and O–H groups in total. The van der Waals surface area contributed by atoms with Crippen LogP contribution in [0, 0.1) is 0 Å². The molecule has 18 heavy (non-hydrogen) atoms. The minimum atomic E-state index is -0.510. The highest BCUT2D eigenvalue weighted by atomic mass is 32.1. The normalized spacial score (nSPS) is 10.2. The maximum atomic E-state index is 11.6. The molecule has 0 spiro atoms. The first-order chi connectivity index (χ1) is 8.26. The second-order valence-corrected chi connectivity index (χ2v) is 4.95. The van der Waals surface area contributed by atoms with Crippen LogP contribution in [0.2, 0.25) is 0 Å². The summed E-state index contributed by atoms with van der Waals surface area (Å²) in [5.41, 5.74) is 4.13. The summed E-state index contributed by atoms with van der Waals surface area (Å²) in [5.74, 6) is 0. The minimum absolute atomic E-state index is 0.277. The van der Waals surface area contributed by atoms with Gasteiger partial charge in [0.1, 0.15) is 5.60 Å². The Morgan fingerprint density at radius 2 is 2.06 bits per heavy atom. The van der Waals surface area contributed by atoms with E-state index in [0.29, 0.717) is 19.5 Å². The number of hydrazine groups is 1. The summed E-state index contributed by atoms with van der Waals surface area (Å²) in [5, 5.41) is 3.09. The van der Waals surface area contributed by atoms with E-state index in [1.165, 1.54) is 4.90 Å². The van der Waals surface area contributed by atoms with E-state index in [1.807, 2.05) is 0 Å². The highest BCUT2D eigenvalue weighted by Crippen LogP contribution is 2.08. The Bertz CT molecular complexity index is 304. The zero-order chi connectivity index (χ0) is 14.2. The van der Waals surface area contributed by atoms with Gasteiger partial charge in [-0.2, -0.15) is 0 Å². The van der Waals surface area contributed by atoms with Crippen molar-refractivity contribution in [3.63, 3.8) is 0 Å². The van der Waals surface area contributed by atoms with E-state index >= 15 is 0 Å². The third-order valence-corrected chi connectivity index (χ3v) is 1.93. The smallest absolute Gasteiger partial charge is 0.410 e. The molecule has 0 bridgehead atoms. The molecule has 0 aromatic rings. The van der Waals surface area contributed by atoms with E-state index in [9.17, 15) is 9.59 Å². The number of likely N-dealkylation sites (N-methyl/N-ethyl adjacent to an activating group) is 1. The van der Waals surface area contributed by atoms with Crippen LogP contribution >= 0.6 is 12.2 Å². The lowest BCUT2D eigenvalue weighted by atomic mass is 10.2. The molecule has 0 saturated carbocycles. The molecule has 104 valence electrons. The molecule has 0 aliphatic heterocycles. The number of carbonyl (C=O) groups excluding carboxylic acids is 2. The second-order valence-electron chi connectivity index (χ2n) is 4.54. The highest BCUT2D eigenvalue weighted by Gasteiger charge is 2.19. The highest BCUT2D eigenvalue weighted by molar-refractivity contribution is 7.80. The van der Waals surface area contributed by atoms with Crippen molar-refractivity contribution in [2.45, 2.75) is 26.4 Å². The average Bonchev–Trinajstić information content (AvgIpc) is 2.23. The van der Waals surface area contributed by atoms with Gasteiger partial charge in [0.15, 0.2) is 5.11 Å². The fourth-order valence-electron chi connectivity index (χ4n) is 0.907. The molecule has 0 aliphatic carbocycles. The number of carbonyl (C=O) groups is 2. The van der Waals surface area contributed by atoms with Crippen LogP contribution in [0.5, 0.6) is 0 Å². The first-order valence-electron chi connectivity index (χ1n) is 5.43. The van der Waals surface area contributed by atoms with Crippen LogP contribution in [0.4, 0.5) is 4.79 Å². The van der Waals surface area contributed by atoms with E-state index in [1.54, 1.807) is 27.8 Å². The van der Waals surface area contributed by atoms with Gasteiger partial charge >= 0.3 is 6.09 Å². The molecule has 0 heterocycles. The molecule has 8 heteroatoms. The molecule has 0 aromatic heterocycles. The first kappa shape index (κ1) is 16.4. The number of rotatable bonds is 5. The molecule has 0 atom stereocenters. The standard InChI is InChI=1S/C10H20N4O3S/c1-10(2,3)17-9(16)14(4)6-5-11-8(18)13-12-7-15/h7H,5-6H2,1-4H3,(H,12,15)(H2,11,13,18). The maximum absolute atomic E-state index is 11.6. The first-order valence-corrected chi connectivity index (χ1v) is 5.84. The molecule has 0 unspecified atom stereocenters. The number of hydrogen-bond donors (Lipinski definition) is 3. The van der Waals surface area contributed by atoms with Crippen molar-refractivity contribution >= 4 is 29.8 Å². The number of nitrogens with one attached hydrogen (secondary N) is 3. The Kier molecular flexibility index (Phi) is 7.03. The van der Waals surface area contributed by atoms with Crippen LogP contribution in [-0.4, -0.2) is 48.3 Å². The molecule has 0 aromatic carbocycles. The molecule has 0 radical (unpaired) electrons. The summed E-state index contributed by atoms with van der Waals surface area (Å²) in [6, 6.07) is 0. The van der Waals surface area contributed by atoms with Gasteiger partial charge in [-0.05, 0) is 33.0 Å². The van der Waals surface area contributed by atoms with Gasteiger partial charge in [-0.15, -0.1) is 0 Å². The van der Waals surface area contributed by atoms with Crippen molar-refractivity contribution in [2.75, 3.05) is 20.1 Å². The van der Waals surface area contributed by atoms with Crippen molar-refractivity contribution in [1.29, 1.82) is 0 Å². The topological polar surface area (TPSA) is 82.7 Å². The molecule has 2 amide bonds. The Labute approximate surface area is 112 Å². The average molecular weight is 276 g/mol. The third-order valence-electron chi connectivity index (χ3n) is 1.68. The maximum Gasteiger partial charge on any atom is 0.410 e. The Hall–Kier alpha value is -1.57. The van der Waals surface area contributed by atoms with Gasteiger partial charge in [0.2, 0.25) is 6.41 Å². The van der Waals surface area contributed by atoms with Crippen LogP contribution in [-0.2, 0) is 9.53 Å². The third kappa shape index (κ3) is 8.57. The second kappa shape index (κ2) is 7.70. The molecule has 0 aliphatic rings. The molecule has 0 saturated heterocycles. The Morgan fingerprint density at radius 1 is 1.44 bits per heavy atom. The predicted molar refractivity (Wildman–Crippen MR) is 71.8 cm³/mol. The van der Waals surface area contributed by atoms with Gasteiger partial charge < -0.3 is 15.0 Å². The summed E-state index contributed by atoms with van der Waals surface area (Å²) in [7, 11) is 1.63. The van der Waals surface area contributed by atoms with Crippen LogP contribution in [0.3, 0.4) is 0 Å². The Morgan fingerprint density at radius 3 is 2.56 bits per heavy atom. The summed E-state index contributed by atoms with van der Waals surface area (Å²) >= 11 is 4.85. The lowest BCUT2D eigenvalue weighted by Crippen LogP contribution is -2.46. The zero-order valence-electron chi connectivity index (χ0n) is 11.1. The van der Waals surface area contributed by atoms with Crippen molar-refractivity contribution in [2.24, 2.45) is 0 Å². The molecule has 0 rings (SSSR count). The van der Waals surface area contributed by atoms with Gasteiger partial charge in [-0.25, -0.2) is 4.79 Å². The quantitative estimate of drug-likeness (QED) is 0.372. The van der Waals surface area contributed by atoms with Crippen LogP contribution in [0.1, 0.15) is 20.8 Å². The summed E-state index contributed by atoms with van der Waals surface area (Å²) in [6.45, 7) is 6.29. The molecule has 7 nitrogen and oxygen atoms in total. The minimum Gasteiger partial charge on any atom is -0.444 e. The number of nitrogens with zero attached hydrogens (tertiary/aromatic N) is 1. The Balaban J connectivity index is 3.82. The van der Waals surface area contributed by atoms with E-state index < -0.39 is 11.7 Å². The van der Waals surface area contributed by atoms with Crippen molar-refractivity contribution in [3.8, 4) is 0 Å². The molecular formula is C10H20N4O3S. The van der Waals surface area contributed by atoms with Crippen LogP contribution in [0.25, 0.3) is 0 Å². The van der Waals surface area contributed by atoms with Crippen LogP contribution < -0.4 is 16.2 Å². The van der Waals surface area contributed by atoms with Crippen molar-refractivity contribution < 1.29 is 14.3 Å². The van der Waals surface area contributed by atoms with E-state index in [-0.39, 0.29) is 5.11 Å². The zero-order valence-corrected chi connectivity index (χ0v) is 11.9. The summed E-state index contributed by atoms with van der Waals surface area (Å²) in [4.78, 5) is 23.0. The fourth-order valence-corrected chi connectivity index (χ4v) is 1.07. The number of ether oxygens (including phenoxy) is 1. The molecule has 0 fully saturated rings. The van der Waals surface area contributed by atoms with Crippen molar-refractivity contribution in [1.82, 2.24) is 21.1 Å². The van der Waals surface area contributed by atoms with Gasteiger partial charge in [0.25, 0.3) is 0 Å². The fraction of sp³-hybridized carbons (Fsp3) is 0.700. The molecular weight excluding hydrogens is 256 g/mol. The largest absolute Gasteiger partial charge is 0.444 e. The van der Waals surface area contributed by atoms with E-state index in [0.717, 1.165) is 0 Å². The van der Waals surface area contributed by atoms with Gasteiger partial charge in [0, 0.05) is 20.1 Å². The lowest BCUT2D eigenvalue weighted by molar-refractivity contribution is -0.110. The number of hydrogen-bond acceptors (Lipinski definition) is 4. The van der Waals surface area contributed by atoms with Gasteiger partial charge in [-0.1, -0.05) is 0 Å². The van der Waals surface area contributed by atoms with Gasteiger partial charge in [-0.3, -0.25) is 15.6 Å². The summed E-state index contributed by atoms with van der Waals surface area (Å²) < 4.78 is 5.17. The monoisotopic (exact) mass is 276 g/mol. The number of thiocarbonyl (C=S) groups is 1. The predicted octanol–water partition coefficient (Wildman–Crippen LogP) is -0.0216. The van der Waals surface area contributed by atoms with Crippen LogP contribution in [0.15, 0.2) is 0 Å². The van der Waals surface area contributed by atoms with E-state index in [4.69, 9.17) is 17.0 Å². The van der Waals surface area contributed by atoms with Crippen molar-refractivity contribution in [3.05, 3.63) is 0 Å². The number of amides is 2. The van der Waals surface area contributed by atoms with Gasteiger partial charge in [0.05, 0.1) is 0 Å². The lowest BCUT2D eigenvalue weighted by Gasteiger charge is -2.24. The SMILES string of the molecule is CN(CCNC(=S)NNC=O)C(=O)OC(C)(C)C. The summed E-state index contributed by atoms with van der Waals surface area (Å²) in [6.07, 6.45) is 0.0788. The van der Waals surface area contributed by atoms with E-state index in [2.05, 4.69) is 16.2 Å².